The Balaban J connectivity index is 1.93. The van der Waals surface area contributed by atoms with Crippen molar-refractivity contribution in [2.24, 2.45) is 0 Å². The molecular weight excluding hydrogens is 412 g/mol. The van der Waals surface area contributed by atoms with Crippen molar-refractivity contribution in [2.45, 2.75) is 24.5 Å². The van der Waals surface area contributed by atoms with Gasteiger partial charge in [-0.2, -0.15) is 0 Å². The molecule has 15 nitrogen and oxygen atoms in total. The van der Waals surface area contributed by atoms with Crippen LogP contribution in [0.3, 0.4) is 0 Å². The molecule has 150 valence electrons. The molecule has 0 bridgehead atoms. The average Bonchev–Trinajstić information content (AvgIpc) is 3.07. The maximum absolute atomic E-state index is 11.2. The van der Waals surface area contributed by atoms with Crippen molar-refractivity contribution in [2.75, 3.05) is 12.3 Å². The average molecular weight is 427 g/mol. The molecule has 17 heteroatoms. The highest BCUT2D eigenvalue weighted by Crippen LogP contribution is 2.45. The van der Waals surface area contributed by atoms with E-state index in [0.29, 0.717) is 0 Å². The van der Waals surface area contributed by atoms with Gasteiger partial charge in [-0.05, 0) is 0 Å². The first-order valence-corrected chi connectivity index (χ1v) is 10.2. The summed E-state index contributed by atoms with van der Waals surface area (Å²) in [5.41, 5.74) is 6.01. The van der Waals surface area contributed by atoms with Gasteiger partial charge in [0.1, 0.15) is 30.2 Å². The van der Waals surface area contributed by atoms with Gasteiger partial charge in [0.2, 0.25) is 0 Å². The van der Waals surface area contributed by atoms with Crippen molar-refractivity contribution >= 4 is 32.6 Å². The molecule has 2 aromatic rings. The maximum Gasteiger partial charge on any atom is 0.470 e. The van der Waals surface area contributed by atoms with Crippen molar-refractivity contribution in [3.05, 3.63) is 12.7 Å². The zero-order valence-corrected chi connectivity index (χ0v) is 15.0. The first kappa shape index (κ1) is 20.2. The lowest BCUT2D eigenvalue weighted by Crippen LogP contribution is -2.35. The normalized spacial score (nSPS) is 26.7. The minimum Gasteiger partial charge on any atom is -0.386 e. The van der Waals surface area contributed by atoms with E-state index in [9.17, 15) is 14.2 Å². The summed E-state index contributed by atoms with van der Waals surface area (Å²) in [5, 5.41) is 10.4. The minimum atomic E-state index is -5.07. The van der Waals surface area contributed by atoms with Gasteiger partial charge >= 0.3 is 15.6 Å². The summed E-state index contributed by atoms with van der Waals surface area (Å²) in [7, 11) is -9.98. The van der Waals surface area contributed by atoms with Gasteiger partial charge in [-0.3, -0.25) is 13.6 Å². The third kappa shape index (κ3) is 4.50. The van der Waals surface area contributed by atoms with Crippen LogP contribution in [0.25, 0.3) is 11.2 Å². The molecule has 4 atom stereocenters. The van der Waals surface area contributed by atoms with Crippen LogP contribution in [0.5, 0.6) is 0 Å². The maximum atomic E-state index is 11.2. The topological polar surface area (TPSA) is 233 Å². The van der Waals surface area contributed by atoms with E-state index in [0.717, 1.165) is 6.33 Å². The molecule has 0 radical (unpaired) electrons. The van der Waals surface area contributed by atoms with Gasteiger partial charge in [0.15, 0.2) is 17.7 Å². The number of phosphoric ester groups is 2. The molecule has 3 heterocycles. The SMILES string of the molecule is Nc1ncnc2c1ncn2[C@@H]1O[C@H](COP(=O)(O)O)[C@H](OP(=O)(O)O)[C@@H]1O. The summed E-state index contributed by atoms with van der Waals surface area (Å²) in [6, 6.07) is 0. The molecule has 2 aromatic heterocycles. The number of fused-ring (bicyclic) bond motifs is 1. The predicted octanol–water partition coefficient (Wildman–Crippen LogP) is -1.75. The van der Waals surface area contributed by atoms with Crippen LogP contribution in [0.2, 0.25) is 0 Å². The number of nitrogens with zero attached hydrogens (tertiary/aromatic N) is 4. The predicted molar refractivity (Wildman–Crippen MR) is 84.6 cm³/mol. The number of imidazole rings is 1. The Morgan fingerprint density at radius 2 is 1.89 bits per heavy atom. The highest BCUT2D eigenvalue weighted by molar-refractivity contribution is 7.46. The number of aliphatic hydroxyl groups is 1. The fourth-order valence-corrected chi connectivity index (χ4v) is 3.52. The fraction of sp³-hybridized carbons (Fsp3) is 0.500. The smallest absolute Gasteiger partial charge is 0.386 e. The third-order valence-corrected chi connectivity index (χ3v) is 4.64. The van der Waals surface area contributed by atoms with Crippen molar-refractivity contribution in [3.63, 3.8) is 0 Å². The van der Waals surface area contributed by atoms with E-state index >= 15 is 0 Å². The lowest BCUT2D eigenvalue weighted by molar-refractivity contribution is -0.0502. The number of anilines is 1. The largest absolute Gasteiger partial charge is 0.470 e. The molecule has 0 unspecified atom stereocenters. The second kappa shape index (κ2) is 7.14. The van der Waals surface area contributed by atoms with Gasteiger partial charge in [0, 0.05) is 0 Å². The number of aliphatic hydroxyl groups excluding tert-OH is 1. The third-order valence-electron chi connectivity index (χ3n) is 3.64. The van der Waals surface area contributed by atoms with Crippen LogP contribution in [0.1, 0.15) is 6.23 Å². The highest BCUT2D eigenvalue weighted by atomic mass is 31.2. The van der Waals surface area contributed by atoms with E-state index in [4.69, 9.17) is 30.0 Å². The van der Waals surface area contributed by atoms with Crippen molar-refractivity contribution in [1.82, 2.24) is 19.5 Å². The Hall–Kier alpha value is -1.51. The number of hydrogen-bond acceptors (Lipinski definition) is 10. The molecular formula is C10H15N5O10P2. The molecule has 3 rings (SSSR count). The first-order chi connectivity index (χ1) is 12.5. The van der Waals surface area contributed by atoms with E-state index in [1.165, 1.54) is 10.9 Å². The number of phosphoric acid groups is 2. The monoisotopic (exact) mass is 427 g/mol. The molecule has 1 aliphatic rings. The summed E-state index contributed by atoms with van der Waals surface area (Å²) in [6.45, 7) is -0.813. The van der Waals surface area contributed by atoms with E-state index in [2.05, 4.69) is 24.0 Å². The Morgan fingerprint density at radius 3 is 2.52 bits per heavy atom. The summed E-state index contributed by atoms with van der Waals surface area (Å²) in [5.74, 6) is 0.0515. The molecule has 1 fully saturated rings. The van der Waals surface area contributed by atoms with Crippen LogP contribution in [-0.2, 0) is 22.9 Å². The van der Waals surface area contributed by atoms with Crippen LogP contribution in [-0.4, -0.2) is 69.1 Å². The number of nitrogens with two attached hydrogens (primary N) is 1. The van der Waals surface area contributed by atoms with Gasteiger partial charge in [-0.25, -0.2) is 24.1 Å². The second-order valence-corrected chi connectivity index (χ2v) is 7.92. The van der Waals surface area contributed by atoms with Crippen molar-refractivity contribution in [1.29, 1.82) is 0 Å². The summed E-state index contributed by atoms with van der Waals surface area (Å²) < 4.78 is 37.6. The van der Waals surface area contributed by atoms with E-state index < -0.39 is 46.8 Å². The number of rotatable bonds is 6. The molecule has 0 amide bonds. The number of nitrogen functional groups attached to an aromatic ring is 1. The van der Waals surface area contributed by atoms with Crippen LogP contribution in [0.15, 0.2) is 12.7 Å². The molecule has 1 saturated heterocycles. The fourth-order valence-electron chi connectivity index (χ4n) is 2.60. The van der Waals surface area contributed by atoms with Gasteiger partial charge in [0.25, 0.3) is 0 Å². The molecule has 27 heavy (non-hydrogen) atoms. The molecule has 1 aliphatic heterocycles. The Morgan fingerprint density at radius 1 is 1.19 bits per heavy atom. The molecule has 0 spiro atoms. The van der Waals surface area contributed by atoms with Gasteiger partial charge in [0.05, 0.1) is 12.9 Å². The van der Waals surface area contributed by atoms with Gasteiger partial charge in [-0.1, -0.05) is 0 Å². The minimum absolute atomic E-state index is 0.0515. The summed E-state index contributed by atoms with van der Waals surface area (Å²) >= 11 is 0. The Labute approximate surface area is 150 Å². The van der Waals surface area contributed by atoms with Gasteiger partial charge in [-0.15, -0.1) is 0 Å². The molecule has 0 saturated carbocycles. The summed E-state index contributed by atoms with van der Waals surface area (Å²) in [6.07, 6.45) is -3.75. The van der Waals surface area contributed by atoms with E-state index in [-0.39, 0.29) is 17.0 Å². The zero-order valence-electron chi connectivity index (χ0n) is 13.2. The lowest BCUT2D eigenvalue weighted by atomic mass is 10.1. The van der Waals surface area contributed by atoms with Crippen molar-refractivity contribution in [3.8, 4) is 0 Å². The Kier molecular flexibility index (Phi) is 5.35. The van der Waals surface area contributed by atoms with Crippen LogP contribution >= 0.6 is 15.6 Å². The highest BCUT2D eigenvalue weighted by Gasteiger charge is 2.49. The molecule has 0 aromatic carbocycles. The van der Waals surface area contributed by atoms with Gasteiger partial charge < -0.3 is 35.2 Å². The quantitative estimate of drug-likeness (QED) is 0.281. The van der Waals surface area contributed by atoms with Crippen LogP contribution < -0.4 is 5.73 Å². The number of ether oxygens (including phenoxy) is 1. The molecule has 7 N–H and O–H groups in total. The standard InChI is InChI=1S/C10H15N5O10P2/c11-8-5-9(13-2-12-8)15(3-14-5)10-6(16)7(25-27(20,21)22)4(24-10)1-23-26(17,18)19/h2-4,6-7,10,16H,1H2,(H2,11,12,13)(H2,17,18,19)(H2,20,21,22)/t4-,6+,7+,10-/m1/s1. The van der Waals surface area contributed by atoms with Crippen molar-refractivity contribution < 1.29 is 47.6 Å². The Bertz CT molecular complexity index is 926. The second-order valence-electron chi connectivity index (χ2n) is 5.49. The summed E-state index contributed by atoms with van der Waals surface area (Å²) in [4.78, 5) is 47.4. The molecule has 0 aliphatic carbocycles. The van der Waals surface area contributed by atoms with E-state index in [1.807, 2.05) is 0 Å². The van der Waals surface area contributed by atoms with E-state index in [1.54, 1.807) is 0 Å². The number of hydrogen-bond donors (Lipinski definition) is 6. The van der Waals surface area contributed by atoms with Crippen LogP contribution in [0.4, 0.5) is 5.82 Å². The first-order valence-electron chi connectivity index (χ1n) is 7.17. The van der Waals surface area contributed by atoms with Crippen LogP contribution in [0, 0.1) is 0 Å². The zero-order chi connectivity index (χ0) is 20.0. The number of aromatic nitrogens is 4. The lowest BCUT2D eigenvalue weighted by Gasteiger charge is -2.20.